The van der Waals surface area contributed by atoms with Crippen LogP contribution in [0.25, 0.3) is 0 Å². The summed E-state index contributed by atoms with van der Waals surface area (Å²) < 4.78 is 5.34. The summed E-state index contributed by atoms with van der Waals surface area (Å²) in [6, 6.07) is 0. The first-order valence-electron chi connectivity index (χ1n) is 7.37. The maximum absolute atomic E-state index is 9.83. The molecule has 2 aliphatic rings. The highest BCUT2D eigenvalue weighted by Gasteiger charge is 2.43. The molecule has 0 saturated heterocycles. The van der Waals surface area contributed by atoms with Crippen molar-refractivity contribution in [1.82, 2.24) is 0 Å². The fourth-order valence-electron chi connectivity index (χ4n) is 3.84. The van der Waals surface area contributed by atoms with Crippen LogP contribution in [0.5, 0.6) is 0 Å². The Morgan fingerprint density at radius 2 is 1.89 bits per heavy atom. The summed E-state index contributed by atoms with van der Waals surface area (Å²) >= 11 is 0. The van der Waals surface area contributed by atoms with E-state index in [0.717, 1.165) is 31.8 Å². The third-order valence-electron chi connectivity index (χ3n) is 5.41. The first-order valence-corrected chi connectivity index (χ1v) is 7.37. The van der Waals surface area contributed by atoms with Gasteiger partial charge in [0.05, 0.1) is 12.4 Å². The van der Waals surface area contributed by atoms with Crippen LogP contribution < -0.4 is 0 Å². The van der Waals surface area contributed by atoms with Crippen molar-refractivity contribution in [2.75, 3.05) is 13.7 Å². The standard InChI is InChI=1S/C16H28O2/c1-13(17)16(7-4-8-16)11-14-5-9-15(2,10-6-14)12-18-3/h14,17H,1,4-12H2,2-3H3. The molecule has 0 aromatic carbocycles. The molecule has 2 fully saturated rings. The molecule has 0 unspecified atom stereocenters. The van der Waals surface area contributed by atoms with E-state index in [0.29, 0.717) is 11.2 Å². The Bertz CT molecular complexity index is 296. The first-order chi connectivity index (χ1) is 8.50. The molecule has 0 heterocycles. The lowest BCUT2D eigenvalue weighted by Crippen LogP contribution is -2.36. The molecule has 18 heavy (non-hydrogen) atoms. The van der Waals surface area contributed by atoms with Gasteiger partial charge in [0.1, 0.15) is 0 Å². The SMILES string of the molecule is C=C(O)C1(CC2CCC(C)(COC)CC2)CCC1. The minimum absolute atomic E-state index is 0.0830. The van der Waals surface area contributed by atoms with E-state index < -0.39 is 0 Å². The van der Waals surface area contributed by atoms with Crippen molar-refractivity contribution in [3.63, 3.8) is 0 Å². The second-order valence-electron chi connectivity index (χ2n) is 6.97. The fourth-order valence-corrected chi connectivity index (χ4v) is 3.84. The van der Waals surface area contributed by atoms with E-state index in [1.807, 2.05) is 0 Å². The Labute approximate surface area is 111 Å². The molecule has 2 rings (SSSR count). The molecule has 2 heteroatoms. The quantitative estimate of drug-likeness (QED) is 0.732. The Kier molecular flexibility index (Phi) is 4.05. The van der Waals surface area contributed by atoms with Gasteiger partial charge >= 0.3 is 0 Å². The van der Waals surface area contributed by atoms with Crippen LogP contribution in [0.2, 0.25) is 0 Å². The van der Waals surface area contributed by atoms with Crippen LogP contribution in [0.15, 0.2) is 12.3 Å². The van der Waals surface area contributed by atoms with Crippen LogP contribution in [0.4, 0.5) is 0 Å². The summed E-state index contributed by atoms with van der Waals surface area (Å²) in [4.78, 5) is 0. The normalized spacial score (nSPS) is 34.9. The summed E-state index contributed by atoms with van der Waals surface area (Å²) in [6.45, 7) is 7.04. The van der Waals surface area contributed by atoms with Crippen LogP contribution >= 0.6 is 0 Å². The van der Waals surface area contributed by atoms with E-state index in [2.05, 4.69) is 13.5 Å². The molecular weight excluding hydrogens is 224 g/mol. The number of methoxy groups -OCH3 is 1. The number of rotatable bonds is 5. The molecule has 0 atom stereocenters. The molecule has 0 amide bonds. The van der Waals surface area contributed by atoms with Crippen molar-refractivity contribution in [2.24, 2.45) is 16.7 Å². The first kappa shape index (κ1) is 13.9. The van der Waals surface area contributed by atoms with Crippen LogP contribution in [0.3, 0.4) is 0 Å². The predicted molar refractivity (Wildman–Crippen MR) is 74.6 cm³/mol. The number of allylic oxidation sites excluding steroid dienone is 1. The van der Waals surface area contributed by atoms with Gasteiger partial charge in [-0.3, -0.25) is 0 Å². The third kappa shape index (κ3) is 2.74. The topological polar surface area (TPSA) is 29.5 Å². The zero-order valence-corrected chi connectivity index (χ0v) is 12.0. The molecule has 0 spiro atoms. The predicted octanol–water partition coefficient (Wildman–Crippen LogP) is 4.46. The van der Waals surface area contributed by atoms with Gasteiger partial charge in [-0.2, -0.15) is 0 Å². The van der Waals surface area contributed by atoms with Crippen molar-refractivity contribution in [2.45, 2.75) is 58.3 Å². The molecule has 2 nitrogen and oxygen atoms in total. The van der Waals surface area contributed by atoms with E-state index >= 15 is 0 Å². The molecule has 0 aromatic rings. The van der Waals surface area contributed by atoms with Gasteiger partial charge in [0, 0.05) is 12.5 Å². The highest BCUT2D eigenvalue weighted by atomic mass is 16.5. The Balaban J connectivity index is 1.85. The molecule has 0 aromatic heterocycles. The van der Waals surface area contributed by atoms with Crippen LogP contribution in [-0.4, -0.2) is 18.8 Å². The van der Waals surface area contributed by atoms with Crippen LogP contribution in [-0.2, 0) is 4.74 Å². The molecule has 1 N–H and O–H groups in total. The second kappa shape index (κ2) is 5.24. The van der Waals surface area contributed by atoms with Crippen molar-refractivity contribution >= 4 is 0 Å². The van der Waals surface area contributed by atoms with Crippen LogP contribution in [0.1, 0.15) is 58.3 Å². The summed E-state index contributed by atoms with van der Waals surface area (Å²) in [5, 5.41) is 9.83. The smallest absolute Gasteiger partial charge is 0.0912 e. The van der Waals surface area contributed by atoms with Gasteiger partial charge in [-0.25, -0.2) is 0 Å². The number of ether oxygens (including phenoxy) is 1. The van der Waals surface area contributed by atoms with E-state index in [4.69, 9.17) is 4.74 Å². The minimum Gasteiger partial charge on any atom is -0.512 e. The summed E-state index contributed by atoms with van der Waals surface area (Å²) in [7, 11) is 1.80. The van der Waals surface area contributed by atoms with Crippen molar-refractivity contribution < 1.29 is 9.84 Å². The Morgan fingerprint density at radius 1 is 1.28 bits per heavy atom. The van der Waals surface area contributed by atoms with Gasteiger partial charge in [0.15, 0.2) is 0 Å². The minimum atomic E-state index is 0.0830. The second-order valence-corrected chi connectivity index (χ2v) is 6.97. The maximum atomic E-state index is 9.83. The molecule has 0 bridgehead atoms. The summed E-state index contributed by atoms with van der Waals surface area (Å²) in [6.07, 6.45) is 9.81. The number of aliphatic hydroxyl groups excluding tert-OH is 1. The van der Waals surface area contributed by atoms with Crippen molar-refractivity contribution in [3.05, 3.63) is 12.3 Å². The van der Waals surface area contributed by atoms with E-state index in [9.17, 15) is 5.11 Å². The highest BCUT2D eigenvalue weighted by Crippen LogP contribution is 2.53. The lowest BCUT2D eigenvalue weighted by atomic mass is 9.60. The van der Waals surface area contributed by atoms with Gasteiger partial charge in [0.25, 0.3) is 0 Å². The van der Waals surface area contributed by atoms with Gasteiger partial charge in [-0.05, 0) is 56.3 Å². The third-order valence-corrected chi connectivity index (χ3v) is 5.41. The molecule has 0 radical (unpaired) electrons. The van der Waals surface area contributed by atoms with E-state index in [1.165, 1.54) is 32.1 Å². The zero-order chi connectivity index (χ0) is 13.2. The number of aliphatic hydroxyl groups is 1. The van der Waals surface area contributed by atoms with Crippen LogP contribution in [0, 0.1) is 16.7 Å². The average molecular weight is 252 g/mol. The Morgan fingerprint density at radius 3 is 2.28 bits per heavy atom. The van der Waals surface area contributed by atoms with Gasteiger partial charge < -0.3 is 9.84 Å². The summed E-state index contributed by atoms with van der Waals surface area (Å²) in [5.74, 6) is 1.22. The Hall–Kier alpha value is -0.500. The zero-order valence-electron chi connectivity index (χ0n) is 12.0. The highest BCUT2D eigenvalue weighted by molar-refractivity contribution is 5.08. The van der Waals surface area contributed by atoms with E-state index in [1.54, 1.807) is 7.11 Å². The molecule has 104 valence electrons. The lowest BCUT2D eigenvalue weighted by Gasteiger charge is -2.46. The molecule has 2 saturated carbocycles. The van der Waals surface area contributed by atoms with Gasteiger partial charge in [-0.15, -0.1) is 0 Å². The number of hydrogen-bond donors (Lipinski definition) is 1. The van der Waals surface area contributed by atoms with Crippen molar-refractivity contribution in [1.29, 1.82) is 0 Å². The molecule has 2 aliphatic carbocycles. The monoisotopic (exact) mass is 252 g/mol. The van der Waals surface area contributed by atoms with Crippen molar-refractivity contribution in [3.8, 4) is 0 Å². The average Bonchev–Trinajstić information content (AvgIpc) is 2.26. The van der Waals surface area contributed by atoms with Gasteiger partial charge in [-0.1, -0.05) is 19.9 Å². The lowest BCUT2D eigenvalue weighted by molar-refractivity contribution is 0.0242. The number of hydrogen-bond acceptors (Lipinski definition) is 2. The molecular formula is C16H28O2. The largest absolute Gasteiger partial charge is 0.512 e. The molecule has 0 aliphatic heterocycles. The summed E-state index contributed by atoms with van der Waals surface area (Å²) in [5.41, 5.74) is 0.466. The van der Waals surface area contributed by atoms with E-state index in [-0.39, 0.29) is 5.41 Å². The van der Waals surface area contributed by atoms with Gasteiger partial charge in [0.2, 0.25) is 0 Å². The maximum Gasteiger partial charge on any atom is 0.0912 e. The fraction of sp³-hybridized carbons (Fsp3) is 0.875.